The molecule has 1 atom stereocenters. The minimum atomic E-state index is -0.304. The van der Waals surface area contributed by atoms with Gasteiger partial charge in [0, 0.05) is 44.4 Å². The molecule has 14 nitrogen and oxygen atoms in total. The summed E-state index contributed by atoms with van der Waals surface area (Å²) in [5, 5.41) is 27.0. The zero-order valence-electron chi connectivity index (χ0n) is 20.1. The average molecular weight is 650 g/mol. The molecule has 0 aliphatic carbocycles. The Morgan fingerprint density at radius 1 is 0.868 bits per heavy atom. The van der Waals surface area contributed by atoms with Crippen LogP contribution in [-0.2, 0) is 0 Å². The molecule has 0 bridgehead atoms. The van der Waals surface area contributed by atoms with Crippen molar-refractivity contribution in [3.63, 3.8) is 0 Å². The molecule has 2 fully saturated rings. The first-order valence-electron chi connectivity index (χ1n) is 11.8. The number of hydrogen-bond acceptors (Lipinski definition) is 12. The van der Waals surface area contributed by atoms with Crippen LogP contribution in [0, 0.1) is 0 Å². The second-order valence-electron chi connectivity index (χ2n) is 8.72. The van der Waals surface area contributed by atoms with Crippen LogP contribution in [0.15, 0.2) is 45.9 Å². The Morgan fingerprint density at radius 2 is 1.42 bits per heavy atom. The van der Waals surface area contributed by atoms with Crippen LogP contribution in [0.2, 0.25) is 0 Å². The molecule has 6 rings (SSSR count). The van der Waals surface area contributed by atoms with E-state index in [1.54, 1.807) is 46.3 Å². The molecule has 4 aromatic rings. The molecule has 16 heteroatoms. The first-order chi connectivity index (χ1) is 18.4. The molecule has 0 saturated carbocycles. The van der Waals surface area contributed by atoms with Gasteiger partial charge >= 0.3 is 0 Å². The SMILES string of the molecule is Nc1nc(-n2cccn2)nc(N2CC(O)C2)c1Br.Nc1nc(-n2cccn2)nc(N2CCC[C@@H]2CO)c1Br. The number of hydrogen-bond donors (Lipinski definition) is 4. The number of halogens is 2. The highest BCUT2D eigenvalue weighted by Crippen LogP contribution is 2.34. The summed E-state index contributed by atoms with van der Waals surface area (Å²) in [4.78, 5) is 21.3. The van der Waals surface area contributed by atoms with Crippen molar-refractivity contribution < 1.29 is 10.2 Å². The second kappa shape index (κ2) is 11.2. The van der Waals surface area contributed by atoms with E-state index in [9.17, 15) is 10.2 Å². The molecular weight excluding hydrogens is 624 g/mol. The summed E-state index contributed by atoms with van der Waals surface area (Å²) in [6.45, 7) is 2.05. The van der Waals surface area contributed by atoms with Crippen molar-refractivity contribution in [2.24, 2.45) is 0 Å². The summed E-state index contributed by atoms with van der Waals surface area (Å²) in [7, 11) is 0. The molecule has 6 N–H and O–H groups in total. The van der Waals surface area contributed by atoms with E-state index in [0.717, 1.165) is 19.4 Å². The van der Waals surface area contributed by atoms with Gasteiger partial charge in [-0.15, -0.1) is 0 Å². The summed E-state index contributed by atoms with van der Waals surface area (Å²) in [6, 6.07) is 3.66. The molecule has 2 saturated heterocycles. The van der Waals surface area contributed by atoms with E-state index in [4.69, 9.17) is 11.5 Å². The summed E-state index contributed by atoms with van der Waals surface area (Å²) >= 11 is 6.81. The Labute approximate surface area is 234 Å². The summed E-state index contributed by atoms with van der Waals surface area (Å²) < 4.78 is 4.41. The smallest absolute Gasteiger partial charge is 0.254 e. The van der Waals surface area contributed by atoms with Crippen molar-refractivity contribution in [3.05, 3.63) is 45.9 Å². The highest BCUT2D eigenvalue weighted by Gasteiger charge is 2.29. The van der Waals surface area contributed by atoms with E-state index < -0.39 is 0 Å². The minimum Gasteiger partial charge on any atom is -0.394 e. The lowest BCUT2D eigenvalue weighted by Gasteiger charge is -2.37. The van der Waals surface area contributed by atoms with E-state index in [2.05, 4.69) is 66.9 Å². The number of rotatable bonds is 5. The van der Waals surface area contributed by atoms with Crippen LogP contribution in [0.1, 0.15) is 12.8 Å². The Bertz CT molecular complexity index is 1380. The van der Waals surface area contributed by atoms with Gasteiger partial charge in [0.15, 0.2) is 11.6 Å². The number of aliphatic hydroxyl groups excluding tert-OH is 2. The molecule has 38 heavy (non-hydrogen) atoms. The summed E-state index contributed by atoms with van der Waals surface area (Å²) in [6.07, 6.45) is 8.49. The normalized spacial score (nSPS) is 17.3. The van der Waals surface area contributed by atoms with Crippen LogP contribution in [0.3, 0.4) is 0 Å². The molecule has 200 valence electrons. The number of nitrogen functional groups attached to an aromatic ring is 2. The van der Waals surface area contributed by atoms with E-state index in [-0.39, 0.29) is 18.8 Å². The van der Waals surface area contributed by atoms with Crippen LogP contribution in [0.5, 0.6) is 0 Å². The van der Waals surface area contributed by atoms with Crippen molar-refractivity contribution in [1.29, 1.82) is 0 Å². The van der Waals surface area contributed by atoms with E-state index in [1.165, 1.54) is 0 Å². The number of aliphatic hydroxyl groups is 2. The number of β-amino-alcohol motifs (C(OH)–C–C–N with tert-alkyl or cyclic N) is 1. The van der Waals surface area contributed by atoms with Gasteiger partial charge in [-0.05, 0) is 56.8 Å². The number of nitrogens with zero attached hydrogens (tertiary/aromatic N) is 10. The minimum absolute atomic E-state index is 0.0751. The van der Waals surface area contributed by atoms with E-state index >= 15 is 0 Å². The molecule has 4 aromatic heterocycles. The fourth-order valence-corrected chi connectivity index (χ4v) is 5.03. The van der Waals surface area contributed by atoms with Crippen LogP contribution in [-0.4, -0.2) is 88.1 Å². The third-order valence-corrected chi connectivity index (χ3v) is 7.66. The monoisotopic (exact) mass is 648 g/mol. The third-order valence-electron chi connectivity index (χ3n) is 6.14. The van der Waals surface area contributed by atoms with Gasteiger partial charge in [0.25, 0.3) is 11.9 Å². The largest absolute Gasteiger partial charge is 0.394 e. The van der Waals surface area contributed by atoms with Gasteiger partial charge in [-0.25, -0.2) is 9.36 Å². The zero-order chi connectivity index (χ0) is 26.8. The molecular formula is C22H26Br2N12O2. The quantitative estimate of drug-likeness (QED) is 0.242. The maximum Gasteiger partial charge on any atom is 0.254 e. The van der Waals surface area contributed by atoms with E-state index in [0.29, 0.717) is 57.2 Å². The first kappa shape index (κ1) is 26.3. The van der Waals surface area contributed by atoms with Gasteiger partial charge in [-0.1, -0.05) is 0 Å². The lowest BCUT2D eigenvalue weighted by molar-refractivity contribution is 0.141. The molecule has 0 radical (unpaired) electrons. The molecule has 0 unspecified atom stereocenters. The van der Waals surface area contributed by atoms with Gasteiger partial charge in [0.05, 0.1) is 18.8 Å². The van der Waals surface area contributed by atoms with Crippen molar-refractivity contribution in [1.82, 2.24) is 39.5 Å². The standard InChI is InChI=1S/C12H15BrN6O.C10H11BrN6O/c13-9-10(14)16-12(19-6-2-4-15-19)17-11(9)18-5-1-3-8(18)7-20;11-7-8(12)14-10(17-3-1-2-13-17)15-9(7)16-4-6(18)5-16/h2,4,6,8,20H,1,3,5,7H2,(H2,14,16,17);1-3,6,18H,4-5H2,(H2,12,14,15)/t8-;/m1./s1. The summed E-state index contributed by atoms with van der Waals surface area (Å²) in [5.74, 6) is 2.94. The highest BCUT2D eigenvalue weighted by atomic mass is 79.9. The molecule has 2 aliphatic heterocycles. The topological polar surface area (TPSA) is 186 Å². The van der Waals surface area contributed by atoms with Gasteiger partial charge in [-0.3, -0.25) is 0 Å². The molecule has 0 spiro atoms. The molecule has 0 amide bonds. The summed E-state index contributed by atoms with van der Waals surface area (Å²) in [5.41, 5.74) is 11.8. The fraction of sp³-hybridized carbons (Fsp3) is 0.364. The Hall–Kier alpha value is -3.34. The van der Waals surface area contributed by atoms with Crippen LogP contribution < -0.4 is 21.3 Å². The highest BCUT2D eigenvalue weighted by molar-refractivity contribution is 9.11. The average Bonchev–Trinajstić information content (AvgIpc) is 3.68. The number of anilines is 4. The van der Waals surface area contributed by atoms with Crippen LogP contribution in [0.25, 0.3) is 11.9 Å². The third kappa shape index (κ3) is 5.29. The number of nitrogens with two attached hydrogens (primary N) is 2. The van der Waals surface area contributed by atoms with Gasteiger partial charge < -0.3 is 31.5 Å². The van der Waals surface area contributed by atoms with Gasteiger partial charge in [0.1, 0.15) is 20.6 Å². The Balaban J connectivity index is 0.000000156. The lowest BCUT2D eigenvalue weighted by atomic mass is 10.2. The Kier molecular flexibility index (Phi) is 7.73. The molecule has 2 aliphatic rings. The van der Waals surface area contributed by atoms with Crippen molar-refractivity contribution >= 4 is 55.1 Å². The molecule has 6 heterocycles. The Morgan fingerprint density at radius 3 is 1.92 bits per heavy atom. The fourth-order valence-electron chi connectivity index (χ4n) is 4.19. The van der Waals surface area contributed by atoms with Crippen LogP contribution >= 0.6 is 31.9 Å². The predicted molar refractivity (Wildman–Crippen MR) is 148 cm³/mol. The van der Waals surface area contributed by atoms with Crippen LogP contribution in [0.4, 0.5) is 23.3 Å². The van der Waals surface area contributed by atoms with Gasteiger partial charge in [0.2, 0.25) is 0 Å². The second-order valence-corrected chi connectivity index (χ2v) is 10.3. The first-order valence-corrected chi connectivity index (χ1v) is 13.4. The van der Waals surface area contributed by atoms with Crippen molar-refractivity contribution in [2.45, 2.75) is 25.0 Å². The maximum absolute atomic E-state index is 9.46. The lowest BCUT2D eigenvalue weighted by Crippen LogP contribution is -2.51. The maximum atomic E-state index is 9.46. The predicted octanol–water partition coefficient (Wildman–Crippen LogP) is 1.16. The van der Waals surface area contributed by atoms with Crippen molar-refractivity contribution in [2.75, 3.05) is 47.5 Å². The van der Waals surface area contributed by atoms with E-state index in [1.807, 2.05) is 4.90 Å². The van der Waals surface area contributed by atoms with Crippen molar-refractivity contribution in [3.8, 4) is 11.9 Å². The molecule has 0 aromatic carbocycles. The number of aromatic nitrogens is 8. The zero-order valence-corrected chi connectivity index (χ0v) is 23.3. The van der Waals surface area contributed by atoms with Gasteiger partial charge in [-0.2, -0.15) is 30.1 Å².